The molecule has 0 aliphatic carbocycles. The lowest BCUT2D eigenvalue weighted by Crippen LogP contribution is -2.31. The fourth-order valence-corrected chi connectivity index (χ4v) is 3.38. The van der Waals surface area contributed by atoms with Gasteiger partial charge in [-0.1, -0.05) is 30.3 Å². The summed E-state index contributed by atoms with van der Waals surface area (Å²) in [6, 6.07) is 9.91. The molecule has 2 N–H and O–H groups in total. The third-order valence-electron chi connectivity index (χ3n) is 3.82. The predicted octanol–water partition coefficient (Wildman–Crippen LogP) is 2.06. The van der Waals surface area contributed by atoms with Crippen LogP contribution in [0.15, 0.2) is 35.7 Å². The normalized spacial score (nSPS) is 18.5. The number of carbonyl (C=O) groups excluding carboxylic acids is 1. The molecule has 1 saturated heterocycles. The van der Waals surface area contributed by atoms with Crippen molar-refractivity contribution in [2.45, 2.75) is 6.42 Å². The molecular weight excluding hydrogens is 298 g/mol. The Morgan fingerprint density at radius 2 is 2.23 bits per heavy atom. The lowest BCUT2D eigenvalue weighted by molar-refractivity contribution is -0.117. The summed E-state index contributed by atoms with van der Waals surface area (Å²) in [5, 5.41) is 14.6. The van der Waals surface area contributed by atoms with Gasteiger partial charge in [0.05, 0.1) is 12.2 Å². The lowest BCUT2D eigenvalue weighted by atomic mass is 10.1. The highest BCUT2D eigenvalue weighted by molar-refractivity contribution is 7.14. The molecule has 1 aromatic carbocycles. The molecule has 1 fully saturated rings. The topological polar surface area (TPSA) is 65.5 Å². The molecule has 2 aromatic rings. The van der Waals surface area contributed by atoms with Crippen LogP contribution in [0.3, 0.4) is 0 Å². The zero-order chi connectivity index (χ0) is 15.4. The van der Waals surface area contributed by atoms with Crippen LogP contribution in [0.4, 0.5) is 5.13 Å². The maximum Gasteiger partial charge on any atom is 0.240 e. The first-order valence-corrected chi connectivity index (χ1v) is 8.26. The number of likely N-dealkylation sites (tertiary alicyclic amines) is 1. The van der Waals surface area contributed by atoms with Crippen molar-refractivity contribution in [2.75, 3.05) is 31.6 Å². The van der Waals surface area contributed by atoms with E-state index in [1.807, 2.05) is 35.7 Å². The summed E-state index contributed by atoms with van der Waals surface area (Å²) in [4.78, 5) is 18.6. The van der Waals surface area contributed by atoms with Crippen molar-refractivity contribution in [1.82, 2.24) is 9.88 Å². The van der Waals surface area contributed by atoms with E-state index in [0.29, 0.717) is 17.6 Å². The molecule has 1 amide bonds. The fourth-order valence-electron chi connectivity index (χ4n) is 2.64. The van der Waals surface area contributed by atoms with E-state index in [1.165, 1.54) is 11.3 Å². The van der Waals surface area contributed by atoms with Gasteiger partial charge in [-0.15, -0.1) is 11.3 Å². The molecule has 0 spiro atoms. The predicted molar refractivity (Wildman–Crippen MR) is 87.8 cm³/mol. The minimum Gasteiger partial charge on any atom is -0.396 e. The van der Waals surface area contributed by atoms with Crippen molar-refractivity contribution in [3.63, 3.8) is 0 Å². The van der Waals surface area contributed by atoms with E-state index < -0.39 is 0 Å². The van der Waals surface area contributed by atoms with Gasteiger partial charge in [-0.3, -0.25) is 9.69 Å². The van der Waals surface area contributed by atoms with E-state index in [0.717, 1.165) is 30.8 Å². The minimum absolute atomic E-state index is 0.0486. The van der Waals surface area contributed by atoms with E-state index in [9.17, 15) is 4.79 Å². The van der Waals surface area contributed by atoms with Crippen LogP contribution < -0.4 is 5.32 Å². The standard InChI is InChI=1S/C16H19N3O2S/c20-10-12-6-7-19(8-12)9-15(21)18-16-17-14(11-22-16)13-4-2-1-3-5-13/h1-5,11-12,20H,6-10H2,(H,17,18,21). The Balaban J connectivity index is 1.55. The maximum absolute atomic E-state index is 12.1. The largest absolute Gasteiger partial charge is 0.396 e. The summed E-state index contributed by atoms with van der Waals surface area (Å²) in [7, 11) is 0. The molecule has 0 saturated carbocycles. The smallest absolute Gasteiger partial charge is 0.240 e. The number of hydrogen-bond acceptors (Lipinski definition) is 5. The Bertz CT molecular complexity index is 629. The van der Waals surface area contributed by atoms with Crippen molar-refractivity contribution < 1.29 is 9.90 Å². The quantitative estimate of drug-likeness (QED) is 0.886. The van der Waals surface area contributed by atoms with Crippen LogP contribution in [0, 0.1) is 5.92 Å². The highest BCUT2D eigenvalue weighted by Gasteiger charge is 2.23. The number of anilines is 1. The second-order valence-electron chi connectivity index (χ2n) is 5.52. The average molecular weight is 317 g/mol. The molecule has 116 valence electrons. The number of thiazole rings is 1. The molecule has 1 unspecified atom stereocenters. The second kappa shape index (κ2) is 7.00. The summed E-state index contributed by atoms with van der Waals surface area (Å²) in [6.45, 7) is 2.21. The van der Waals surface area contributed by atoms with Crippen molar-refractivity contribution in [3.05, 3.63) is 35.7 Å². The number of rotatable bonds is 5. The van der Waals surface area contributed by atoms with Crippen molar-refractivity contribution >= 4 is 22.4 Å². The molecule has 1 aliphatic rings. The molecule has 1 aliphatic heterocycles. The monoisotopic (exact) mass is 317 g/mol. The lowest BCUT2D eigenvalue weighted by Gasteiger charge is -2.14. The number of amides is 1. The van der Waals surface area contributed by atoms with Crippen molar-refractivity contribution in [3.8, 4) is 11.3 Å². The van der Waals surface area contributed by atoms with Crippen LogP contribution in [0.1, 0.15) is 6.42 Å². The number of aliphatic hydroxyl groups excluding tert-OH is 1. The average Bonchev–Trinajstić information content (AvgIpc) is 3.17. The van der Waals surface area contributed by atoms with Gasteiger partial charge in [-0.05, 0) is 18.9 Å². The summed E-state index contributed by atoms with van der Waals surface area (Å²) < 4.78 is 0. The molecular formula is C16H19N3O2S. The highest BCUT2D eigenvalue weighted by atomic mass is 32.1. The van der Waals surface area contributed by atoms with E-state index in [4.69, 9.17) is 5.11 Å². The molecule has 1 atom stereocenters. The first-order valence-electron chi connectivity index (χ1n) is 7.38. The van der Waals surface area contributed by atoms with Crippen LogP contribution in [0.25, 0.3) is 11.3 Å². The van der Waals surface area contributed by atoms with Crippen molar-refractivity contribution in [2.24, 2.45) is 5.92 Å². The van der Waals surface area contributed by atoms with Crippen LogP contribution in [-0.2, 0) is 4.79 Å². The van der Waals surface area contributed by atoms with Gasteiger partial charge in [0.2, 0.25) is 5.91 Å². The van der Waals surface area contributed by atoms with Crippen LogP contribution in [0.5, 0.6) is 0 Å². The third kappa shape index (κ3) is 3.71. The van der Waals surface area contributed by atoms with Crippen LogP contribution >= 0.6 is 11.3 Å². The van der Waals surface area contributed by atoms with Gasteiger partial charge >= 0.3 is 0 Å². The van der Waals surface area contributed by atoms with Gasteiger partial charge in [0, 0.05) is 24.1 Å². The Kier molecular flexibility index (Phi) is 4.82. The maximum atomic E-state index is 12.1. The van der Waals surface area contributed by atoms with Gasteiger partial charge in [-0.2, -0.15) is 0 Å². The van der Waals surface area contributed by atoms with Crippen LogP contribution in [-0.4, -0.2) is 47.1 Å². The highest BCUT2D eigenvalue weighted by Crippen LogP contribution is 2.24. The Morgan fingerprint density at radius 3 is 2.95 bits per heavy atom. The van der Waals surface area contributed by atoms with Gasteiger partial charge in [0.1, 0.15) is 0 Å². The van der Waals surface area contributed by atoms with E-state index >= 15 is 0 Å². The zero-order valence-electron chi connectivity index (χ0n) is 12.2. The summed E-state index contributed by atoms with van der Waals surface area (Å²) in [6.07, 6.45) is 0.958. The molecule has 5 nitrogen and oxygen atoms in total. The van der Waals surface area contributed by atoms with Crippen molar-refractivity contribution in [1.29, 1.82) is 0 Å². The molecule has 0 bridgehead atoms. The minimum atomic E-state index is -0.0486. The van der Waals surface area contributed by atoms with E-state index in [2.05, 4.69) is 15.2 Å². The first-order chi connectivity index (χ1) is 10.7. The van der Waals surface area contributed by atoms with E-state index in [-0.39, 0.29) is 12.5 Å². The molecule has 3 rings (SSSR count). The number of nitrogens with one attached hydrogen (secondary N) is 1. The first kappa shape index (κ1) is 15.1. The molecule has 6 heteroatoms. The number of aliphatic hydroxyl groups is 1. The van der Waals surface area contributed by atoms with E-state index in [1.54, 1.807) is 0 Å². The van der Waals surface area contributed by atoms with Gasteiger partial charge in [0.25, 0.3) is 0 Å². The summed E-state index contributed by atoms with van der Waals surface area (Å²) in [5.74, 6) is 0.255. The fraction of sp³-hybridized carbons (Fsp3) is 0.375. The number of benzene rings is 1. The molecule has 0 radical (unpaired) electrons. The van der Waals surface area contributed by atoms with Gasteiger partial charge < -0.3 is 10.4 Å². The Morgan fingerprint density at radius 1 is 1.41 bits per heavy atom. The number of carbonyl (C=O) groups is 1. The number of hydrogen-bond donors (Lipinski definition) is 2. The molecule has 1 aromatic heterocycles. The number of nitrogens with zero attached hydrogens (tertiary/aromatic N) is 2. The molecule has 2 heterocycles. The van der Waals surface area contributed by atoms with Gasteiger partial charge in [-0.25, -0.2) is 4.98 Å². The SMILES string of the molecule is O=C(CN1CCC(CO)C1)Nc1nc(-c2ccccc2)cs1. The molecule has 22 heavy (non-hydrogen) atoms. The zero-order valence-corrected chi connectivity index (χ0v) is 13.1. The Labute approximate surface area is 133 Å². The summed E-state index contributed by atoms with van der Waals surface area (Å²) in [5.41, 5.74) is 1.92. The Hall–Kier alpha value is -1.76. The third-order valence-corrected chi connectivity index (χ3v) is 4.57. The van der Waals surface area contributed by atoms with Gasteiger partial charge in [0.15, 0.2) is 5.13 Å². The van der Waals surface area contributed by atoms with Crippen LogP contribution in [0.2, 0.25) is 0 Å². The summed E-state index contributed by atoms with van der Waals surface area (Å²) >= 11 is 1.43. The number of aromatic nitrogens is 1. The second-order valence-corrected chi connectivity index (χ2v) is 6.38.